The molecule has 0 radical (unpaired) electrons. The molecular formula is C13H23N5O7S. The van der Waals surface area contributed by atoms with Gasteiger partial charge in [0.2, 0.25) is 5.72 Å². The van der Waals surface area contributed by atoms with Crippen LogP contribution >= 0.6 is 0 Å². The van der Waals surface area contributed by atoms with Gasteiger partial charge in [-0.05, 0) is 31.8 Å². The second kappa shape index (κ2) is 6.90. The van der Waals surface area contributed by atoms with Crippen LogP contribution in [0.4, 0.5) is 4.79 Å². The third-order valence-corrected chi connectivity index (χ3v) is 5.48. The lowest BCUT2D eigenvalue weighted by atomic mass is 9.96. The monoisotopic (exact) mass is 393 g/mol. The summed E-state index contributed by atoms with van der Waals surface area (Å²) >= 11 is 0. The van der Waals surface area contributed by atoms with E-state index < -0.39 is 34.1 Å². The van der Waals surface area contributed by atoms with E-state index in [9.17, 15) is 18.0 Å². The number of urea groups is 1. The number of hydrogen-bond acceptors (Lipinski definition) is 8. The van der Waals surface area contributed by atoms with E-state index in [1.807, 2.05) is 0 Å². The molecule has 148 valence electrons. The Labute approximate surface area is 150 Å². The molecule has 2 bridgehead atoms. The van der Waals surface area contributed by atoms with Crippen LogP contribution < -0.4 is 16.8 Å². The normalized spacial score (nSPS) is 34.5. The Kier molecular flexibility index (Phi) is 5.11. The molecule has 3 saturated heterocycles. The summed E-state index contributed by atoms with van der Waals surface area (Å²) in [6.45, 7) is 1.43. The van der Waals surface area contributed by atoms with Gasteiger partial charge in [0.15, 0.2) is 0 Å². The highest BCUT2D eigenvalue weighted by Gasteiger charge is 2.58. The molecule has 13 heteroatoms. The molecule has 26 heavy (non-hydrogen) atoms. The highest BCUT2D eigenvalue weighted by atomic mass is 32.3. The minimum Gasteiger partial charge on any atom is -0.365 e. The third-order valence-electron chi connectivity index (χ3n) is 5.13. The molecule has 0 spiro atoms. The predicted molar refractivity (Wildman–Crippen MR) is 86.4 cm³/mol. The number of hydrogen-bond donors (Lipinski definition) is 4. The van der Waals surface area contributed by atoms with Crippen LogP contribution in [0.1, 0.15) is 19.3 Å². The van der Waals surface area contributed by atoms with Crippen molar-refractivity contribution in [2.75, 3.05) is 26.2 Å². The van der Waals surface area contributed by atoms with Gasteiger partial charge >= 0.3 is 16.4 Å². The molecular weight excluding hydrogens is 370 g/mol. The van der Waals surface area contributed by atoms with Crippen molar-refractivity contribution >= 4 is 22.3 Å². The number of carbonyl (C=O) groups excluding carboxylic acids is 2. The summed E-state index contributed by atoms with van der Waals surface area (Å²) in [5.41, 5.74) is 9.49. The number of nitrogens with two attached hydrogens (primary N) is 2. The lowest BCUT2D eigenvalue weighted by Crippen LogP contribution is -2.62. The van der Waals surface area contributed by atoms with Gasteiger partial charge in [-0.25, -0.2) is 4.79 Å². The third kappa shape index (κ3) is 3.50. The summed E-state index contributed by atoms with van der Waals surface area (Å²) in [6.07, 6.45) is 1.10. The first kappa shape index (κ1) is 19.3. The zero-order chi connectivity index (χ0) is 19.1. The van der Waals surface area contributed by atoms with Gasteiger partial charge in [-0.2, -0.15) is 13.5 Å². The van der Waals surface area contributed by atoms with Crippen molar-refractivity contribution in [2.24, 2.45) is 17.4 Å². The first-order valence-corrected chi connectivity index (χ1v) is 9.68. The van der Waals surface area contributed by atoms with Crippen molar-refractivity contribution in [3.63, 3.8) is 0 Å². The average molecular weight is 393 g/mol. The van der Waals surface area contributed by atoms with Crippen molar-refractivity contribution in [3.05, 3.63) is 0 Å². The number of hydroxylamine groups is 2. The van der Waals surface area contributed by atoms with Gasteiger partial charge in [-0.15, -0.1) is 4.28 Å². The average Bonchev–Trinajstić information content (AvgIpc) is 3.12. The van der Waals surface area contributed by atoms with Gasteiger partial charge in [0.05, 0.1) is 12.6 Å². The zero-order valence-electron chi connectivity index (χ0n) is 14.0. The molecule has 2 unspecified atom stereocenters. The number of rotatable bonds is 7. The summed E-state index contributed by atoms with van der Waals surface area (Å²) in [5, 5.41) is 3.78. The predicted octanol–water partition coefficient (Wildman–Crippen LogP) is -2.24. The van der Waals surface area contributed by atoms with Crippen molar-refractivity contribution in [3.8, 4) is 0 Å². The molecule has 3 aliphatic rings. The number of primary amides is 1. The number of amides is 3. The summed E-state index contributed by atoms with van der Waals surface area (Å²) in [5.74, 6) is -0.526. The van der Waals surface area contributed by atoms with E-state index in [-0.39, 0.29) is 32.0 Å². The maximum atomic E-state index is 12.5. The number of carbonyl (C=O) groups is 2. The largest absolute Gasteiger partial charge is 0.418 e. The molecule has 12 nitrogen and oxygen atoms in total. The molecule has 3 rings (SSSR count). The fraction of sp³-hybridized carbons (Fsp3) is 0.846. The first-order chi connectivity index (χ1) is 12.2. The van der Waals surface area contributed by atoms with Crippen LogP contribution in [-0.4, -0.2) is 78.9 Å². The number of fused-ring (bicyclic) bond motifs is 2. The molecule has 3 aliphatic heterocycles. The Hall–Kier alpha value is -1.51. The van der Waals surface area contributed by atoms with Crippen molar-refractivity contribution in [1.29, 1.82) is 0 Å². The highest BCUT2D eigenvalue weighted by Crippen LogP contribution is 2.38. The highest BCUT2D eigenvalue weighted by molar-refractivity contribution is 7.80. The molecule has 0 aromatic heterocycles. The lowest BCUT2D eigenvalue weighted by molar-refractivity contribution is -0.175. The second-order valence-corrected chi connectivity index (χ2v) is 7.82. The molecule has 3 amide bonds. The SMILES string of the molecule is NC[C@@H]1CN[C@H](COC2(C(N)=O)CCC3CN2C(=O)N3OS(=O)(=O)O)C1. The van der Waals surface area contributed by atoms with Crippen LogP contribution in [0.15, 0.2) is 0 Å². The Morgan fingerprint density at radius 1 is 1.46 bits per heavy atom. The Balaban J connectivity index is 1.74. The van der Waals surface area contributed by atoms with Crippen LogP contribution in [-0.2, 0) is 24.2 Å². The minimum absolute atomic E-state index is 0.000807. The van der Waals surface area contributed by atoms with Gasteiger partial charge in [-0.1, -0.05) is 0 Å². The fourth-order valence-electron chi connectivity index (χ4n) is 3.76. The maximum Gasteiger partial charge on any atom is 0.418 e. The van der Waals surface area contributed by atoms with E-state index in [2.05, 4.69) is 9.60 Å². The second-order valence-electron chi connectivity index (χ2n) is 6.82. The van der Waals surface area contributed by atoms with Gasteiger partial charge in [0, 0.05) is 19.0 Å². The van der Waals surface area contributed by atoms with E-state index in [4.69, 9.17) is 20.8 Å². The molecule has 4 atom stereocenters. The quantitative estimate of drug-likeness (QED) is 0.348. The lowest BCUT2D eigenvalue weighted by Gasteiger charge is -2.40. The van der Waals surface area contributed by atoms with Gasteiger partial charge < -0.3 is 21.5 Å². The van der Waals surface area contributed by atoms with Gasteiger partial charge in [0.25, 0.3) is 5.91 Å². The van der Waals surface area contributed by atoms with Crippen molar-refractivity contribution < 1.29 is 31.6 Å². The summed E-state index contributed by atoms with van der Waals surface area (Å²) < 4.78 is 40.9. The standard InChI is InChI=1S/C13H23N5O7S/c14-4-8-3-9(16-5-8)7-24-13(11(15)19)2-1-10-6-17(13)12(20)18(10)25-26(21,22)23/h8-10,16H,1-7,14H2,(H2,15,19)(H,21,22,23)/t8-,9+,10?,13?/m1/s1. The van der Waals surface area contributed by atoms with E-state index in [0.29, 0.717) is 17.5 Å². The van der Waals surface area contributed by atoms with Crippen molar-refractivity contribution in [2.45, 2.75) is 37.1 Å². The van der Waals surface area contributed by atoms with Crippen LogP contribution in [0.25, 0.3) is 0 Å². The van der Waals surface area contributed by atoms with Crippen LogP contribution in [0.5, 0.6) is 0 Å². The Bertz CT molecular complexity index is 688. The van der Waals surface area contributed by atoms with Crippen molar-refractivity contribution in [1.82, 2.24) is 15.3 Å². The summed E-state index contributed by atoms with van der Waals surface area (Å²) in [4.78, 5) is 25.7. The van der Waals surface area contributed by atoms with E-state index >= 15 is 0 Å². The molecule has 3 heterocycles. The Morgan fingerprint density at radius 3 is 2.77 bits per heavy atom. The molecule has 0 aromatic rings. The fourth-order valence-corrected chi connectivity index (χ4v) is 4.15. The summed E-state index contributed by atoms with van der Waals surface area (Å²) in [6, 6.07) is -1.56. The molecule has 0 aromatic carbocycles. The van der Waals surface area contributed by atoms with E-state index in [1.165, 1.54) is 0 Å². The van der Waals surface area contributed by atoms with Crippen LogP contribution in [0, 0.1) is 5.92 Å². The number of ether oxygens (including phenoxy) is 1. The van der Waals surface area contributed by atoms with Crippen LogP contribution in [0.2, 0.25) is 0 Å². The smallest absolute Gasteiger partial charge is 0.365 e. The molecule has 0 saturated carbocycles. The molecule has 3 fully saturated rings. The molecule has 6 N–H and O–H groups in total. The number of nitrogens with zero attached hydrogens (tertiary/aromatic N) is 2. The first-order valence-electron chi connectivity index (χ1n) is 8.31. The van der Waals surface area contributed by atoms with Gasteiger partial charge in [0.1, 0.15) is 0 Å². The number of piperidine rings is 1. The topological polar surface area (TPSA) is 178 Å². The van der Waals surface area contributed by atoms with E-state index in [0.717, 1.165) is 17.9 Å². The molecule has 0 aliphatic carbocycles. The van der Waals surface area contributed by atoms with E-state index in [1.54, 1.807) is 0 Å². The maximum absolute atomic E-state index is 12.5. The number of nitrogens with one attached hydrogen (secondary N) is 1. The summed E-state index contributed by atoms with van der Waals surface area (Å²) in [7, 11) is -4.87. The zero-order valence-corrected chi connectivity index (χ0v) is 14.9. The van der Waals surface area contributed by atoms with Crippen LogP contribution in [0.3, 0.4) is 0 Å². The Morgan fingerprint density at radius 2 is 2.19 bits per heavy atom. The van der Waals surface area contributed by atoms with Gasteiger partial charge in [-0.3, -0.25) is 14.2 Å². The minimum atomic E-state index is -4.87.